The average Bonchev–Trinajstić information content (AvgIpc) is 2.83. The van der Waals surface area contributed by atoms with Crippen molar-refractivity contribution in [2.24, 2.45) is 0 Å². The van der Waals surface area contributed by atoms with Gasteiger partial charge in [0.1, 0.15) is 5.54 Å². The molecular formula is C12H17NO2. The highest BCUT2D eigenvalue weighted by atomic mass is 16.5. The maximum atomic E-state index is 11.9. The Bertz CT molecular complexity index is 323. The van der Waals surface area contributed by atoms with Gasteiger partial charge in [-0.15, -0.1) is 0 Å². The number of ether oxygens (including phenoxy) is 1. The predicted octanol–water partition coefficient (Wildman–Crippen LogP) is 2.32. The number of hydrogen-bond donors (Lipinski definition) is 0. The van der Waals surface area contributed by atoms with Crippen molar-refractivity contribution < 1.29 is 9.53 Å². The van der Waals surface area contributed by atoms with Crippen molar-refractivity contribution in [2.45, 2.75) is 37.6 Å². The Morgan fingerprint density at radius 3 is 2.33 bits per heavy atom. The van der Waals surface area contributed by atoms with Gasteiger partial charge in [0.25, 0.3) is 0 Å². The lowest BCUT2D eigenvalue weighted by molar-refractivity contribution is -0.153. The quantitative estimate of drug-likeness (QED) is 0.697. The third-order valence-corrected chi connectivity index (χ3v) is 3.34. The molecule has 1 aliphatic rings. The van der Waals surface area contributed by atoms with E-state index in [9.17, 15) is 4.79 Å². The molecular weight excluding hydrogens is 190 g/mol. The largest absolute Gasteiger partial charge is 0.467 e. The van der Waals surface area contributed by atoms with Gasteiger partial charge in [0.2, 0.25) is 0 Å². The third kappa shape index (κ3) is 1.66. The SMILES string of the molecule is COC(=O)C1(n2cccc2)CCCCC1. The smallest absolute Gasteiger partial charge is 0.332 e. The second-order valence-electron chi connectivity index (χ2n) is 4.17. The van der Waals surface area contributed by atoms with Crippen LogP contribution in [-0.4, -0.2) is 17.6 Å². The summed E-state index contributed by atoms with van der Waals surface area (Å²) in [6.07, 6.45) is 9.15. The van der Waals surface area contributed by atoms with E-state index in [1.165, 1.54) is 13.5 Å². The zero-order valence-corrected chi connectivity index (χ0v) is 9.11. The Labute approximate surface area is 90.0 Å². The first kappa shape index (κ1) is 10.3. The molecule has 0 radical (unpaired) electrons. The molecule has 0 atom stereocenters. The van der Waals surface area contributed by atoms with E-state index in [0.717, 1.165) is 25.7 Å². The lowest BCUT2D eigenvalue weighted by atomic mass is 9.81. The van der Waals surface area contributed by atoms with Crippen LogP contribution >= 0.6 is 0 Å². The minimum absolute atomic E-state index is 0.0987. The molecule has 82 valence electrons. The number of nitrogens with zero attached hydrogens (tertiary/aromatic N) is 1. The molecule has 0 unspecified atom stereocenters. The molecule has 3 nitrogen and oxygen atoms in total. The molecule has 0 aliphatic heterocycles. The lowest BCUT2D eigenvalue weighted by Crippen LogP contribution is -2.43. The van der Waals surface area contributed by atoms with Gasteiger partial charge >= 0.3 is 5.97 Å². The molecule has 0 aromatic carbocycles. The zero-order valence-electron chi connectivity index (χ0n) is 9.11. The highest BCUT2D eigenvalue weighted by molar-refractivity contribution is 5.78. The van der Waals surface area contributed by atoms with Crippen LogP contribution in [0.1, 0.15) is 32.1 Å². The monoisotopic (exact) mass is 207 g/mol. The van der Waals surface area contributed by atoms with Crippen molar-refractivity contribution in [2.75, 3.05) is 7.11 Å². The topological polar surface area (TPSA) is 31.2 Å². The van der Waals surface area contributed by atoms with Gasteiger partial charge < -0.3 is 9.30 Å². The minimum Gasteiger partial charge on any atom is -0.467 e. The van der Waals surface area contributed by atoms with Gasteiger partial charge in [-0.2, -0.15) is 0 Å². The van der Waals surface area contributed by atoms with Gasteiger partial charge in [0.05, 0.1) is 7.11 Å². The van der Waals surface area contributed by atoms with Crippen LogP contribution in [-0.2, 0) is 15.1 Å². The lowest BCUT2D eigenvalue weighted by Gasteiger charge is -2.35. The van der Waals surface area contributed by atoms with Crippen LogP contribution in [0.15, 0.2) is 24.5 Å². The molecule has 15 heavy (non-hydrogen) atoms. The summed E-state index contributed by atoms with van der Waals surface area (Å²) in [5.41, 5.74) is -0.434. The highest BCUT2D eigenvalue weighted by Gasteiger charge is 2.41. The molecule has 0 saturated heterocycles. The standard InChI is InChI=1S/C12H17NO2/c1-15-11(14)12(7-3-2-4-8-12)13-9-5-6-10-13/h5-6,9-10H,2-4,7-8H2,1H3. The maximum Gasteiger partial charge on any atom is 0.332 e. The average molecular weight is 207 g/mol. The number of rotatable bonds is 2. The number of methoxy groups -OCH3 is 1. The van der Waals surface area contributed by atoms with Crippen LogP contribution < -0.4 is 0 Å². The first-order chi connectivity index (χ1) is 7.29. The summed E-state index contributed by atoms with van der Waals surface area (Å²) in [4.78, 5) is 11.9. The van der Waals surface area contributed by atoms with Crippen molar-refractivity contribution in [1.29, 1.82) is 0 Å². The van der Waals surface area contributed by atoms with Crippen LogP contribution in [0.3, 0.4) is 0 Å². The first-order valence-electron chi connectivity index (χ1n) is 5.51. The van der Waals surface area contributed by atoms with Crippen molar-refractivity contribution >= 4 is 5.97 Å². The summed E-state index contributed by atoms with van der Waals surface area (Å²) >= 11 is 0. The Morgan fingerprint density at radius 1 is 1.20 bits per heavy atom. The van der Waals surface area contributed by atoms with Gasteiger partial charge in [-0.05, 0) is 25.0 Å². The van der Waals surface area contributed by atoms with Crippen molar-refractivity contribution in [3.63, 3.8) is 0 Å². The molecule has 1 aromatic rings. The van der Waals surface area contributed by atoms with Gasteiger partial charge in [-0.25, -0.2) is 4.79 Å². The van der Waals surface area contributed by atoms with Crippen LogP contribution in [0.4, 0.5) is 0 Å². The van der Waals surface area contributed by atoms with Crippen LogP contribution in [0.2, 0.25) is 0 Å². The zero-order chi connectivity index (χ0) is 10.7. The van der Waals surface area contributed by atoms with E-state index < -0.39 is 5.54 Å². The highest BCUT2D eigenvalue weighted by Crippen LogP contribution is 2.36. The van der Waals surface area contributed by atoms with Gasteiger partial charge in [-0.3, -0.25) is 0 Å². The van der Waals surface area contributed by atoms with Gasteiger partial charge in [0.15, 0.2) is 0 Å². The summed E-state index contributed by atoms with van der Waals surface area (Å²) in [5, 5.41) is 0. The van der Waals surface area contributed by atoms with E-state index in [0.29, 0.717) is 0 Å². The Morgan fingerprint density at radius 2 is 1.80 bits per heavy atom. The number of hydrogen-bond acceptors (Lipinski definition) is 2. The molecule has 0 bridgehead atoms. The van der Waals surface area contributed by atoms with E-state index in [-0.39, 0.29) is 5.97 Å². The number of carbonyl (C=O) groups is 1. The minimum atomic E-state index is -0.434. The molecule has 0 spiro atoms. The fraction of sp³-hybridized carbons (Fsp3) is 0.583. The summed E-state index contributed by atoms with van der Waals surface area (Å²) in [6.45, 7) is 0. The fourth-order valence-electron chi connectivity index (χ4n) is 2.51. The second kappa shape index (κ2) is 4.09. The molecule has 1 aliphatic carbocycles. The summed E-state index contributed by atoms with van der Waals surface area (Å²) in [5.74, 6) is -0.0987. The molecule has 0 amide bonds. The predicted molar refractivity (Wildman–Crippen MR) is 57.5 cm³/mol. The van der Waals surface area contributed by atoms with Crippen molar-refractivity contribution in [3.8, 4) is 0 Å². The first-order valence-corrected chi connectivity index (χ1v) is 5.51. The van der Waals surface area contributed by atoms with E-state index in [2.05, 4.69) is 0 Å². The summed E-state index contributed by atoms with van der Waals surface area (Å²) < 4.78 is 6.97. The number of carbonyl (C=O) groups excluding carboxylic acids is 1. The Balaban J connectivity index is 2.34. The Hall–Kier alpha value is -1.25. The van der Waals surface area contributed by atoms with Crippen LogP contribution in [0, 0.1) is 0 Å². The summed E-state index contributed by atoms with van der Waals surface area (Å²) in [7, 11) is 1.47. The van der Waals surface area contributed by atoms with Gasteiger partial charge in [0, 0.05) is 12.4 Å². The maximum absolute atomic E-state index is 11.9. The number of aromatic nitrogens is 1. The van der Waals surface area contributed by atoms with Crippen LogP contribution in [0.25, 0.3) is 0 Å². The molecule has 3 heteroatoms. The normalized spacial score (nSPS) is 19.8. The van der Waals surface area contributed by atoms with Crippen molar-refractivity contribution in [1.82, 2.24) is 4.57 Å². The third-order valence-electron chi connectivity index (χ3n) is 3.34. The van der Waals surface area contributed by atoms with E-state index in [1.807, 2.05) is 29.1 Å². The van der Waals surface area contributed by atoms with E-state index >= 15 is 0 Å². The molecule has 1 aromatic heterocycles. The molecule has 1 heterocycles. The van der Waals surface area contributed by atoms with Crippen molar-refractivity contribution in [3.05, 3.63) is 24.5 Å². The van der Waals surface area contributed by atoms with E-state index in [1.54, 1.807) is 0 Å². The van der Waals surface area contributed by atoms with Gasteiger partial charge in [-0.1, -0.05) is 19.3 Å². The molecule has 1 fully saturated rings. The molecule has 2 rings (SSSR count). The fourth-order valence-corrected chi connectivity index (χ4v) is 2.51. The van der Waals surface area contributed by atoms with Crippen LogP contribution in [0.5, 0.6) is 0 Å². The number of esters is 1. The summed E-state index contributed by atoms with van der Waals surface area (Å²) in [6, 6.07) is 3.92. The van der Waals surface area contributed by atoms with E-state index in [4.69, 9.17) is 4.74 Å². The Kier molecular flexibility index (Phi) is 2.80. The molecule has 1 saturated carbocycles. The molecule has 0 N–H and O–H groups in total. The second-order valence-corrected chi connectivity index (χ2v) is 4.17.